The molecule has 3 heterocycles. The van der Waals surface area contributed by atoms with Crippen LogP contribution in [0.5, 0.6) is 0 Å². The van der Waals surface area contributed by atoms with Crippen molar-refractivity contribution in [2.24, 2.45) is 0 Å². The minimum atomic E-state index is 0.624. The van der Waals surface area contributed by atoms with Crippen molar-refractivity contribution in [3.63, 3.8) is 0 Å². The molecule has 3 nitrogen and oxygen atoms in total. The Morgan fingerprint density at radius 2 is 2.21 bits per heavy atom. The maximum absolute atomic E-state index is 4.79. The fraction of sp³-hybridized carbons (Fsp3) is 0.286. The highest BCUT2D eigenvalue weighted by Crippen LogP contribution is 2.40. The number of rotatable bonds is 2. The lowest BCUT2D eigenvalue weighted by molar-refractivity contribution is 0.764. The van der Waals surface area contributed by atoms with E-state index in [0.29, 0.717) is 6.04 Å². The van der Waals surface area contributed by atoms with E-state index in [1.54, 1.807) is 11.3 Å². The van der Waals surface area contributed by atoms with E-state index in [0.717, 1.165) is 31.9 Å². The second kappa shape index (κ2) is 4.15. The molecule has 4 rings (SSSR count). The first-order chi connectivity index (χ1) is 9.24. The monoisotopic (exact) mass is 333 g/mol. The Morgan fingerprint density at radius 3 is 2.89 bits per heavy atom. The lowest BCUT2D eigenvalue weighted by Crippen LogP contribution is -1.97. The molecule has 19 heavy (non-hydrogen) atoms. The molecule has 96 valence electrons. The average Bonchev–Trinajstić information content (AvgIpc) is 2.97. The van der Waals surface area contributed by atoms with Gasteiger partial charge in [0.05, 0.1) is 16.0 Å². The Balaban J connectivity index is 2.01. The zero-order valence-corrected chi connectivity index (χ0v) is 12.8. The summed E-state index contributed by atoms with van der Waals surface area (Å²) in [6.07, 6.45) is 4.67. The third-order valence-corrected chi connectivity index (χ3v) is 4.96. The fourth-order valence-corrected chi connectivity index (χ4v) is 3.76. The lowest BCUT2D eigenvalue weighted by atomic mass is 10.3. The molecule has 0 atom stereocenters. The molecule has 0 saturated heterocycles. The van der Waals surface area contributed by atoms with Crippen LogP contribution in [0.2, 0.25) is 0 Å². The number of fused-ring (bicyclic) bond motifs is 1. The maximum atomic E-state index is 4.79. The fourth-order valence-electron chi connectivity index (χ4n) is 2.42. The van der Waals surface area contributed by atoms with E-state index in [4.69, 9.17) is 4.98 Å². The molecule has 3 aromatic heterocycles. The summed E-state index contributed by atoms with van der Waals surface area (Å²) in [7, 11) is 0. The van der Waals surface area contributed by atoms with Crippen LogP contribution in [-0.2, 0) is 0 Å². The van der Waals surface area contributed by atoms with Gasteiger partial charge < -0.3 is 4.57 Å². The first-order valence-corrected chi connectivity index (χ1v) is 8.00. The molecule has 5 heteroatoms. The zero-order chi connectivity index (χ0) is 13.0. The van der Waals surface area contributed by atoms with Crippen LogP contribution in [0.4, 0.5) is 0 Å². The number of hydrogen-bond donors (Lipinski definition) is 0. The molecule has 1 aliphatic carbocycles. The summed E-state index contributed by atoms with van der Waals surface area (Å²) in [5, 5.41) is 3.21. The molecule has 0 aliphatic heterocycles. The van der Waals surface area contributed by atoms with E-state index in [1.807, 2.05) is 6.07 Å². The smallest absolute Gasteiger partial charge is 0.171 e. The van der Waals surface area contributed by atoms with Gasteiger partial charge in [-0.3, -0.25) is 0 Å². The van der Waals surface area contributed by atoms with Gasteiger partial charge in [-0.05, 0) is 47.1 Å². The van der Waals surface area contributed by atoms with Crippen LogP contribution in [-0.4, -0.2) is 14.5 Å². The minimum absolute atomic E-state index is 0.624. The Hall–Kier alpha value is -1.20. The van der Waals surface area contributed by atoms with E-state index in [-0.39, 0.29) is 0 Å². The molecule has 0 aromatic carbocycles. The summed E-state index contributed by atoms with van der Waals surface area (Å²) in [6, 6.07) is 4.74. The third kappa shape index (κ3) is 1.83. The SMILES string of the molecule is Cc1nc(-c2cccs2)nc2c1c(Br)cn2C1CC1. The van der Waals surface area contributed by atoms with Crippen molar-refractivity contribution in [3.05, 3.63) is 33.9 Å². The topological polar surface area (TPSA) is 30.7 Å². The van der Waals surface area contributed by atoms with Crippen LogP contribution in [0.1, 0.15) is 24.6 Å². The molecule has 1 fully saturated rings. The quantitative estimate of drug-likeness (QED) is 0.687. The van der Waals surface area contributed by atoms with E-state index in [2.05, 4.69) is 50.0 Å². The van der Waals surface area contributed by atoms with Gasteiger partial charge in [0.15, 0.2) is 5.82 Å². The van der Waals surface area contributed by atoms with Crippen molar-refractivity contribution in [2.45, 2.75) is 25.8 Å². The van der Waals surface area contributed by atoms with Crippen LogP contribution >= 0.6 is 27.3 Å². The first-order valence-electron chi connectivity index (χ1n) is 6.32. The first kappa shape index (κ1) is 11.6. The van der Waals surface area contributed by atoms with Crippen LogP contribution in [0, 0.1) is 6.92 Å². The molecule has 0 bridgehead atoms. The van der Waals surface area contributed by atoms with Crippen molar-refractivity contribution in [1.82, 2.24) is 14.5 Å². The summed E-state index contributed by atoms with van der Waals surface area (Å²) in [5.41, 5.74) is 2.10. The standard InChI is InChI=1S/C14H12BrN3S/c1-8-12-10(15)7-18(9-4-5-9)14(12)17-13(16-8)11-3-2-6-19-11/h2-3,6-7,9H,4-5H2,1H3. The zero-order valence-electron chi connectivity index (χ0n) is 10.4. The molecule has 1 saturated carbocycles. The third-order valence-electron chi connectivity index (χ3n) is 3.49. The van der Waals surface area contributed by atoms with Crippen molar-refractivity contribution < 1.29 is 0 Å². The molecular weight excluding hydrogens is 322 g/mol. The Morgan fingerprint density at radius 1 is 1.37 bits per heavy atom. The minimum Gasteiger partial charge on any atom is -0.328 e. The number of thiophene rings is 1. The molecule has 0 radical (unpaired) electrons. The van der Waals surface area contributed by atoms with Crippen molar-refractivity contribution in [1.29, 1.82) is 0 Å². The molecule has 1 aliphatic rings. The van der Waals surface area contributed by atoms with Gasteiger partial charge in [0, 0.05) is 16.7 Å². The average molecular weight is 334 g/mol. The lowest BCUT2D eigenvalue weighted by Gasteiger charge is -2.04. The second-order valence-electron chi connectivity index (χ2n) is 4.92. The number of nitrogens with zero attached hydrogens (tertiary/aromatic N) is 3. The van der Waals surface area contributed by atoms with Crippen LogP contribution < -0.4 is 0 Å². The van der Waals surface area contributed by atoms with Gasteiger partial charge in [-0.2, -0.15) is 0 Å². The predicted octanol–water partition coefficient (Wildman–Crippen LogP) is 4.57. The van der Waals surface area contributed by atoms with E-state index < -0.39 is 0 Å². The predicted molar refractivity (Wildman–Crippen MR) is 81.5 cm³/mol. The van der Waals surface area contributed by atoms with Crippen LogP contribution in [0.3, 0.4) is 0 Å². The Kier molecular flexibility index (Phi) is 2.53. The summed E-state index contributed by atoms with van der Waals surface area (Å²) < 4.78 is 3.40. The van der Waals surface area contributed by atoms with Crippen LogP contribution in [0.25, 0.3) is 21.7 Å². The summed E-state index contributed by atoms with van der Waals surface area (Å²) in [4.78, 5) is 10.6. The maximum Gasteiger partial charge on any atom is 0.171 e. The largest absolute Gasteiger partial charge is 0.328 e. The van der Waals surface area contributed by atoms with E-state index >= 15 is 0 Å². The summed E-state index contributed by atoms with van der Waals surface area (Å²) >= 11 is 5.32. The molecule has 0 spiro atoms. The molecule has 0 amide bonds. The number of hydrogen-bond acceptors (Lipinski definition) is 3. The van der Waals surface area contributed by atoms with Gasteiger partial charge in [0.1, 0.15) is 5.65 Å². The number of aromatic nitrogens is 3. The highest BCUT2D eigenvalue weighted by molar-refractivity contribution is 9.10. The molecule has 0 unspecified atom stereocenters. The van der Waals surface area contributed by atoms with Crippen molar-refractivity contribution in [3.8, 4) is 10.7 Å². The van der Waals surface area contributed by atoms with Crippen molar-refractivity contribution in [2.75, 3.05) is 0 Å². The van der Waals surface area contributed by atoms with Gasteiger partial charge in [-0.1, -0.05) is 6.07 Å². The Labute approximate surface area is 123 Å². The highest BCUT2D eigenvalue weighted by Gasteiger charge is 2.27. The van der Waals surface area contributed by atoms with Crippen molar-refractivity contribution >= 4 is 38.3 Å². The number of aryl methyl sites for hydroxylation is 1. The summed E-state index contributed by atoms with van der Waals surface area (Å²) in [6.45, 7) is 2.06. The normalized spacial score (nSPS) is 15.3. The molecule has 3 aromatic rings. The van der Waals surface area contributed by atoms with Gasteiger partial charge in [-0.15, -0.1) is 11.3 Å². The number of halogens is 1. The van der Waals surface area contributed by atoms with Gasteiger partial charge in [0.25, 0.3) is 0 Å². The molecule has 0 N–H and O–H groups in total. The molecular formula is C14H12BrN3S. The van der Waals surface area contributed by atoms with E-state index in [9.17, 15) is 0 Å². The van der Waals surface area contributed by atoms with Gasteiger partial charge in [-0.25, -0.2) is 9.97 Å². The van der Waals surface area contributed by atoms with Gasteiger partial charge >= 0.3 is 0 Å². The van der Waals surface area contributed by atoms with Crippen LogP contribution in [0.15, 0.2) is 28.2 Å². The second-order valence-corrected chi connectivity index (χ2v) is 6.73. The highest BCUT2D eigenvalue weighted by atomic mass is 79.9. The summed E-state index contributed by atoms with van der Waals surface area (Å²) in [5.74, 6) is 0.840. The Bertz CT molecular complexity index is 757. The van der Waals surface area contributed by atoms with Gasteiger partial charge in [0.2, 0.25) is 0 Å². The van der Waals surface area contributed by atoms with E-state index in [1.165, 1.54) is 12.8 Å².